The highest BCUT2D eigenvalue weighted by Crippen LogP contribution is 2.31. The maximum absolute atomic E-state index is 11.0. The number of benzene rings is 1. The Morgan fingerprint density at radius 3 is 2.53 bits per heavy atom. The molecule has 0 saturated heterocycles. The summed E-state index contributed by atoms with van der Waals surface area (Å²) in [6, 6.07) is 1.97. The van der Waals surface area contributed by atoms with Crippen LogP contribution >= 0.6 is 0 Å². The van der Waals surface area contributed by atoms with Crippen LogP contribution in [0.2, 0.25) is 0 Å². The van der Waals surface area contributed by atoms with Crippen molar-refractivity contribution in [2.24, 2.45) is 0 Å². The van der Waals surface area contributed by atoms with E-state index >= 15 is 0 Å². The van der Waals surface area contributed by atoms with Gasteiger partial charge in [-0.2, -0.15) is 0 Å². The average Bonchev–Trinajstić information content (AvgIpc) is 2.74. The van der Waals surface area contributed by atoms with Gasteiger partial charge in [-0.25, -0.2) is 0 Å². The highest BCUT2D eigenvalue weighted by molar-refractivity contribution is 5.97. The Morgan fingerprint density at radius 1 is 1.18 bits per heavy atom. The summed E-state index contributed by atoms with van der Waals surface area (Å²) in [6.07, 6.45) is 5.12. The number of carbonyl (C=O) groups is 1. The summed E-state index contributed by atoms with van der Waals surface area (Å²) in [5, 5.41) is 1.12. The average molecular weight is 228 g/mol. The fraction of sp³-hybridized carbons (Fsp3) is 0.267. The molecule has 0 amide bonds. The third-order valence-electron chi connectivity index (χ3n) is 3.33. The van der Waals surface area contributed by atoms with Gasteiger partial charge in [-0.3, -0.25) is 4.79 Å². The van der Waals surface area contributed by atoms with Crippen LogP contribution < -0.4 is 0 Å². The first kappa shape index (κ1) is 11.6. The van der Waals surface area contributed by atoms with Gasteiger partial charge in [0.1, 0.15) is 5.58 Å². The smallest absolute Gasteiger partial charge is 0.152 e. The quantitative estimate of drug-likeness (QED) is 0.728. The van der Waals surface area contributed by atoms with Crippen molar-refractivity contribution in [3.63, 3.8) is 0 Å². The van der Waals surface area contributed by atoms with Gasteiger partial charge in [0.2, 0.25) is 0 Å². The van der Waals surface area contributed by atoms with Gasteiger partial charge in [0.25, 0.3) is 0 Å². The number of aryl methyl sites for hydroxylation is 1. The summed E-state index contributed by atoms with van der Waals surface area (Å²) >= 11 is 0. The van der Waals surface area contributed by atoms with Gasteiger partial charge >= 0.3 is 0 Å². The highest BCUT2D eigenvalue weighted by atomic mass is 16.3. The number of ketones is 1. The Morgan fingerprint density at radius 2 is 1.88 bits per heavy atom. The van der Waals surface area contributed by atoms with Crippen molar-refractivity contribution in [1.82, 2.24) is 0 Å². The molecule has 1 aromatic carbocycles. The predicted molar refractivity (Wildman–Crippen MR) is 70.1 cm³/mol. The molecule has 0 unspecified atom stereocenters. The molecule has 0 aliphatic carbocycles. The number of allylic oxidation sites excluding steroid dienone is 1. The number of rotatable bonds is 2. The van der Waals surface area contributed by atoms with E-state index in [0.29, 0.717) is 0 Å². The van der Waals surface area contributed by atoms with Crippen LogP contribution in [0, 0.1) is 20.8 Å². The summed E-state index contributed by atoms with van der Waals surface area (Å²) in [7, 11) is 0. The zero-order chi connectivity index (χ0) is 12.6. The molecule has 0 radical (unpaired) electrons. The molecule has 17 heavy (non-hydrogen) atoms. The number of hydrogen-bond acceptors (Lipinski definition) is 2. The summed E-state index contributed by atoms with van der Waals surface area (Å²) in [6.45, 7) is 7.80. The van der Waals surface area contributed by atoms with E-state index in [1.807, 2.05) is 12.1 Å². The molecule has 0 aliphatic heterocycles. The molecule has 0 fully saturated rings. The topological polar surface area (TPSA) is 30.2 Å². The van der Waals surface area contributed by atoms with Gasteiger partial charge in [0, 0.05) is 10.9 Å². The summed E-state index contributed by atoms with van der Waals surface area (Å²) in [5.41, 5.74) is 5.53. The van der Waals surface area contributed by atoms with Crippen molar-refractivity contribution < 1.29 is 9.21 Å². The number of hydrogen-bond donors (Lipinski definition) is 0. The van der Waals surface area contributed by atoms with Crippen LogP contribution in [0.1, 0.15) is 29.2 Å². The Balaban J connectivity index is 2.77. The maximum atomic E-state index is 11.0. The minimum atomic E-state index is 0.0438. The molecule has 0 aliphatic rings. The first-order chi connectivity index (χ1) is 8.02. The molecule has 88 valence electrons. The predicted octanol–water partition coefficient (Wildman–Crippen LogP) is 3.96. The lowest BCUT2D eigenvalue weighted by Gasteiger charge is -2.10. The Bertz CT molecular complexity index is 615. The second kappa shape index (κ2) is 4.21. The van der Waals surface area contributed by atoms with Crippen LogP contribution in [0.4, 0.5) is 0 Å². The third kappa shape index (κ3) is 1.91. The summed E-state index contributed by atoms with van der Waals surface area (Å²) in [4.78, 5) is 11.0. The molecule has 2 aromatic rings. The molecule has 2 rings (SSSR count). The van der Waals surface area contributed by atoms with Crippen LogP contribution in [-0.2, 0) is 4.79 Å². The van der Waals surface area contributed by atoms with E-state index in [-0.39, 0.29) is 5.78 Å². The SMILES string of the molecule is CC(=O)C=Cc1c(C)c(C)c(C)c2ccoc12. The van der Waals surface area contributed by atoms with Crippen LogP contribution in [0.5, 0.6) is 0 Å². The molecular formula is C15H16O2. The number of carbonyl (C=O) groups excluding carboxylic acids is 1. The fourth-order valence-corrected chi connectivity index (χ4v) is 2.07. The van der Waals surface area contributed by atoms with Crippen LogP contribution in [0.3, 0.4) is 0 Å². The Hall–Kier alpha value is -1.83. The van der Waals surface area contributed by atoms with E-state index in [1.54, 1.807) is 19.3 Å². The van der Waals surface area contributed by atoms with Gasteiger partial charge in [-0.05, 0) is 62.6 Å². The molecule has 0 atom stereocenters. The van der Waals surface area contributed by atoms with E-state index in [1.165, 1.54) is 16.7 Å². The molecule has 1 heterocycles. The molecule has 0 N–H and O–H groups in total. The first-order valence-electron chi connectivity index (χ1n) is 5.68. The van der Waals surface area contributed by atoms with Crippen LogP contribution in [-0.4, -0.2) is 5.78 Å². The highest BCUT2D eigenvalue weighted by Gasteiger charge is 2.12. The van der Waals surface area contributed by atoms with E-state index < -0.39 is 0 Å². The van der Waals surface area contributed by atoms with E-state index in [2.05, 4.69) is 20.8 Å². The van der Waals surface area contributed by atoms with Crippen molar-refractivity contribution in [3.8, 4) is 0 Å². The van der Waals surface area contributed by atoms with Gasteiger partial charge in [-0.1, -0.05) is 0 Å². The van der Waals surface area contributed by atoms with Crippen molar-refractivity contribution in [1.29, 1.82) is 0 Å². The largest absolute Gasteiger partial charge is 0.464 e. The Kier molecular flexibility index (Phi) is 2.88. The maximum Gasteiger partial charge on any atom is 0.152 e. The first-order valence-corrected chi connectivity index (χ1v) is 5.68. The molecular weight excluding hydrogens is 212 g/mol. The zero-order valence-electron chi connectivity index (χ0n) is 10.6. The van der Waals surface area contributed by atoms with Crippen molar-refractivity contribution >= 4 is 22.8 Å². The molecule has 1 aromatic heterocycles. The van der Waals surface area contributed by atoms with Crippen molar-refractivity contribution in [2.45, 2.75) is 27.7 Å². The summed E-state index contributed by atoms with van der Waals surface area (Å²) < 4.78 is 5.54. The number of fused-ring (bicyclic) bond motifs is 1. The van der Waals surface area contributed by atoms with Crippen molar-refractivity contribution in [3.05, 3.63) is 40.7 Å². The minimum Gasteiger partial charge on any atom is -0.464 e. The van der Waals surface area contributed by atoms with E-state index in [9.17, 15) is 4.79 Å². The van der Waals surface area contributed by atoms with E-state index in [0.717, 1.165) is 16.5 Å². The second-order valence-corrected chi connectivity index (χ2v) is 4.40. The molecule has 0 bridgehead atoms. The lowest BCUT2D eigenvalue weighted by molar-refractivity contribution is -0.112. The van der Waals surface area contributed by atoms with Crippen LogP contribution in [0.25, 0.3) is 17.0 Å². The van der Waals surface area contributed by atoms with E-state index in [4.69, 9.17) is 4.42 Å². The third-order valence-corrected chi connectivity index (χ3v) is 3.33. The van der Waals surface area contributed by atoms with Gasteiger partial charge in [0.05, 0.1) is 6.26 Å². The normalized spacial score (nSPS) is 11.5. The lowest BCUT2D eigenvalue weighted by Crippen LogP contribution is -1.92. The fourth-order valence-electron chi connectivity index (χ4n) is 2.07. The van der Waals surface area contributed by atoms with Crippen molar-refractivity contribution in [2.75, 3.05) is 0 Å². The Labute approximate surface area is 101 Å². The zero-order valence-corrected chi connectivity index (χ0v) is 10.6. The van der Waals surface area contributed by atoms with Gasteiger partial charge < -0.3 is 4.42 Å². The minimum absolute atomic E-state index is 0.0438. The lowest BCUT2D eigenvalue weighted by atomic mass is 9.95. The number of furan rings is 1. The second-order valence-electron chi connectivity index (χ2n) is 4.40. The molecule has 2 nitrogen and oxygen atoms in total. The van der Waals surface area contributed by atoms with Gasteiger partial charge in [0.15, 0.2) is 5.78 Å². The molecule has 0 spiro atoms. The standard InChI is InChI=1S/C15H16O2/c1-9(16)5-6-13-11(3)10(2)12(4)14-7-8-17-15(13)14/h5-8H,1-4H3. The monoisotopic (exact) mass is 228 g/mol. The summed E-state index contributed by atoms with van der Waals surface area (Å²) in [5.74, 6) is 0.0438. The molecule has 0 saturated carbocycles. The van der Waals surface area contributed by atoms with Gasteiger partial charge in [-0.15, -0.1) is 0 Å². The molecule has 2 heteroatoms. The van der Waals surface area contributed by atoms with Crippen LogP contribution in [0.15, 0.2) is 22.8 Å².